The Morgan fingerprint density at radius 1 is 1.45 bits per heavy atom. The van der Waals surface area contributed by atoms with Crippen LogP contribution in [0.25, 0.3) is 0 Å². The van der Waals surface area contributed by atoms with E-state index in [1.165, 1.54) is 6.26 Å². The molecule has 2 rings (SSSR count). The number of benzene rings is 1. The van der Waals surface area contributed by atoms with Crippen LogP contribution < -0.4 is 5.32 Å². The molecule has 0 saturated heterocycles. The molecule has 0 fully saturated rings. The van der Waals surface area contributed by atoms with Gasteiger partial charge < -0.3 is 19.6 Å². The monoisotopic (exact) mass is 343 g/mol. The summed E-state index contributed by atoms with van der Waals surface area (Å²) in [6, 6.07) is 5.73. The van der Waals surface area contributed by atoms with E-state index < -0.39 is 12.0 Å². The van der Waals surface area contributed by atoms with Gasteiger partial charge in [-0.2, -0.15) is 0 Å². The van der Waals surface area contributed by atoms with Gasteiger partial charge in [0.05, 0.1) is 35.2 Å². The van der Waals surface area contributed by atoms with Gasteiger partial charge in [0, 0.05) is 5.56 Å². The van der Waals surface area contributed by atoms with Crippen LogP contribution >= 0.6 is 23.2 Å². The number of ether oxygens (including phenoxy) is 1. The predicted molar refractivity (Wildman–Crippen MR) is 84.1 cm³/mol. The van der Waals surface area contributed by atoms with Gasteiger partial charge in [-0.1, -0.05) is 29.3 Å². The Balaban J connectivity index is 2.32. The smallest absolute Gasteiger partial charge is 0.336 e. The van der Waals surface area contributed by atoms with Crippen molar-refractivity contribution in [2.24, 2.45) is 0 Å². The van der Waals surface area contributed by atoms with Crippen molar-refractivity contribution in [1.29, 1.82) is 0 Å². The Morgan fingerprint density at radius 3 is 2.86 bits per heavy atom. The highest BCUT2D eigenvalue weighted by atomic mass is 35.5. The second-order valence-electron chi connectivity index (χ2n) is 4.45. The van der Waals surface area contributed by atoms with E-state index in [1.807, 2.05) is 0 Å². The molecule has 0 aliphatic heterocycles. The first-order chi connectivity index (χ1) is 10.6. The number of aliphatic hydroxyl groups excluding tert-OH is 1. The third kappa shape index (κ3) is 3.74. The fraction of sp³-hybridized carbons (Fsp3) is 0.267. The van der Waals surface area contributed by atoms with Crippen LogP contribution in [0.2, 0.25) is 10.0 Å². The predicted octanol–water partition coefficient (Wildman–Crippen LogP) is 3.80. The fourth-order valence-corrected chi connectivity index (χ4v) is 2.23. The van der Waals surface area contributed by atoms with Gasteiger partial charge in [-0.3, -0.25) is 0 Å². The molecule has 118 valence electrons. The zero-order chi connectivity index (χ0) is 16.1. The van der Waals surface area contributed by atoms with Gasteiger partial charge in [-0.15, -0.1) is 0 Å². The third-order valence-electron chi connectivity index (χ3n) is 2.91. The minimum atomic E-state index is -0.892. The van der Waals surface area contributed by atoms with Gasteiger partial charge in [0.25, 0.3) is 0 Å². The van der Waals surface area contributed by atoms with E-state index in [0.717, 1.165) is 0 Å². The maximum atomic E-state index is 12.2. The maximum absolute atomic E-state index is 12.2. The number of rotatable bonds is 6. The minimum absolute atomic E-state index is 0.184. The van der Waals surface area contributed by atoms with E-state index in [4.69, 9.17) is 37.5 Å². The number of aliphatic hydroxyl groups is 1. The molecule has 5 nitrogen and oxygen atoms in total. The number of halogens is 2. The largest absolute Gasteiger partial charge is 0.466 e. The standard InChI is InChI=1S/C15H15Cl2NO4/c1-2-21-15(20)14(12-6-9(7-19)8-22-12)18-11-5-3-4-10(16)13(11)17/h3-6,8,14,18-19H,2,7H2,1H3. The molecule has 0 aliphatic carbocycles. The summed E-state index contributed by atoms with van der Waals surface area (Å²) >= 11 is 12.1. The molecular weight excluding hydrogens is 329 g/mol. The van der Waals surface area contributed by atoms with E-state index in [-0.39, 0.29) is 13.2 Å². The molecule has 1 unspecified atom stereocenters. The Labute approximate surface area is 137 Å². The second kappa shape index (κ2) is 7.54. The number of anilines is 1. The summed E-state index contributed by atoms with van der Waals surface area (Å²) in [5.74, 6) is -0.198. The Hall–Kier alpha value is -1.69. The Kier molecular flexibility index (Phi) is 5.71. The normalized spacial score (nSPS) is 12.0. The highest BCUT2D eigenvalue weighted by Gasteiger charge is 2.26. The summed E-state index contributed by atoms with van der Waals surface area (Å²) < 4.78 is 10.4. The highest BCUT2D eigenvalue weighted by molar-refractivity contribution is 6.43. The molecule has 0 amide bonds. The zero-order valence-electron chi connectivity index (χ0n) is 11.8. The number of hydrogen-bond donors (Lipinski definition) is 2. The average Bonchev–Trinajstić information content (AvgIpc) is 2.97. The number of carbonyl (C=O) groups excluding carboxylic acids is 1. The molecule has 1 aromatic carbocycles. The molecule has 0 bridgehead atoms. The van der Waals surface area contributed by atoms with Crippen molar-refractivity contribution in [2.45, 2.75) is 19.6 Å². The minimum Gasteiger partial charge on any atom is -0.466 e. The van der Waals surface area contributed by atoms with Crippen LogP contribution in [-0.4, -0.2) is 17.7 Å². The molecule has 0 saturated carbocycles. The molecular formula is C15H15Cl2NO4. The molecule has 0 aliphatic rings. The lowest BCUT2D eigenvalue weighted by molar-refractivity contribution is -0.144. The van der Waals surface area contributed by atoms with Crippen LogP contribution in [0.4, 0.5) is 5.69 Å². The first kappa shape index (κ1) is 16.7. The van der Waals surface area contributed by atoms with Crippen molar-refractivity contribution in [3.8, 4) is 0 Å². The number of nitrogens with one attached hydrogen (secondary N) is 1. The van der Waals surface area contributed by atoms with Crippen LogP contribution in [0.15, 0.2) is 34.9 Å². The molecule has 1 atom stereocenters. The highest BCUT2D eigenvalue weighted by Crippen LogP contribution is 2.32. The molecule has 1 heterocycles. The average molecular weight is 344 g/mol. The van der Waals surface area contributed by atoms with Crippen molar-refractivity contribution < 1.29 is 19.1 Å². The molecule has 7 heteroatoms. The zero-order valence-corrected chi connectivity index (χ0v) is 13.3. The molecule has 2 aromatic rings. The summed E-state index contributed by atoms with van der Waals surface area (Å²) in [7, 11) is 0. The van der Waals surface area contributed by atoms with Crippen LogP contribution in [0.5, 0.6) is 0 Å². The molecule has 0 spiro atoms. The molecule has 2 N–H and O–H groups in total. The quantitative estimate of drug-likeness (QED) is 0.780. The Morgan fingerprint density at radius 2 is 2.23 bits per heavy atom. The summed E-state index contributed by atoms with van der Waals surface area (Å²) in [4.78, 5) is 12.2. The number of furan rings is 1. The first-order valence-electron chi connectivity index (χ1n) is 6.62. The van der Waals surface area contributed by atoms with Crippen molar-refractivity contribution in [3.63, 3.8) is 0 Å². The van der Waals surface area contributed by atoms with E-state index in [2.05, 4.69) is 5.32 Å². The van der Waals surface area contributed by atoms with Crippen LogP contribution in [0, 0.1) is 0 Å². The van der Waals surface area contributed by atoms with E-state index in [0.29, 0.717) is 27.1 Å². The first-order valence-corrected chi connectivity index (χ1v) is 7.37. The lowest BCUT2D eigenvalue weighted by Gasteiger charge is -2.17. The van der Waals surface area contributed by atoms with Crippen molar-refractivity contribution >= 4 is 34.9 Å². The van der Waals surface area contributed by atoms with Gasteiger partial charge >= 0.3 is 5.97 Å². The van der Waals surface area contributed by atoms with Crippen LogP contribution in [0.1, 0.15) is 24.3 Å². The van der Waals surface area contributed by atoms with Gasteiger partial charge in [0.1, 0.15) is 5.76 Å². The van der Waals surface area contributed by atoms with Gasteiger partial charge in [0.15, 0.2) is 6.04 Å². The van der Waals surface area contributed by atoms with E-state index >= 15 is 0 Å². The summed E-state index contributed by atoms with van der Waals surface area (Å²) in [6.07, 6.45) is 1.38. The third-order valence-corrected chi connectivity index (χ3v) is 3.73. The van der Waals surface area contributed by atoms with Gasteiger partial charge in [-0.05, 0) is 25.1 Å². The summed E-state index contributed by atoms with van der Waals surface area (Å²) in [5.41, 5.74) is 1.04. The molecule has 1 aromatic heterocycles. The maximum Gasteiger partial charge on any atom is 0.336 e. The summed E-state index contributed by atoms with van der Waals surface area (Å²) in [5, 5.41) is 12.7. The fourth-order valence-electron chi connectivity index (χ4n) is 1.87. The number of hydrogen-bond acceptors (Lipinski definition) is 5. The van der Waals surface area contributed by atoms with Gasteiger partial charge in [0.2, 0.25) is 0 Å². The van der Waals surface area contributed by atoms with Gasteiger partial charge in [-0.25, -0.2) is 4.79 Å². The lowest BCUT2D eigenvalue weighted by Crippen LogP contribution is -2.23. The van der Waals surface area contributed by atoms with E-state index in [1.54, 1.807) is 31.2 Å². The SMILES string of the molecule is CCOC(=O)C(Nc1cccc(Cl)c1Cl)c1cc(CO)co1. The van der Waals surface area contributed by atoms with Crippen LogP contribution in [0.3, 0.4) is 0 Å². The Bertz CT molecular complexity index is 657. The van der Waals surface area contributed by atoms with Crippen LogP contribution in [-0.2, 0) is 16.1 Å². The number of carbonyl (C=O) groups is 1. The topological polar surface area (TPSA) is 71.7 Å². The summed E-state index contributed by atoms with van der Waals surface area (Å²) in [6.45, 7) is 1.76. The van der Waals surface area contributed by atoms with Crippen molar-refractivity contribution in [1.82, 2.24) is 0 Å². The number of esters is 1. The molecule has 0 radical (unpaired) electrons. The molecule has 22 heavy (non-hydrogen) atoms. The van der Waals surface area contributed by atoms with Crippen molar-refractivity contribution in [2.75, 3.05) is 11.9 Å². The van der Waals surface area contributed by atoms with Crippen molar-refractivity contribution in [3.05, 3.63) is 51.9 Å². The lowest BCUT2D eigenvalue weighted by atomic mass is 10.2. The van der Waals surface area contributed by atoms with E-state index in [9.17, 15) is 4.79 Å². The second-order valence-corrected chi connectivity index (χ2v) is 5.23.